The van der Waals surface area contributed by atoms with Gasteiger partial charge in [0.25, 0.3) is 5.56 Å². The van der Waals surface area contributed by atoms with Crippen molar-refractivity contribution < 1.29 is 0 Å². The van der Waals surface area contributed by atoms with Crippen LogP contribution in [0.25, 0.3) is 33.4 Å². The highest BCUT2D eigenvalue weighted by Gasteiger charge is 2.17. The van der Waals surface area contributed by atoms with Crippen molar-refractivity contribution in [3.05, 3.63) is 115 Å². The van der Waals surface area contributed by atoms with E-state index in [-0.39, 0.29) is 5.02 Å². The van der Waals surface area contributed by atoms with Gasteiger partial charge in [-0.25, -0.2) is 9.36 Å². The molecule has 0 unspecified atom stereocenters. The quantitative estimate of drug-likeness (QED) is 0.329. The van der Waals surface area contributed by atoms with Crippen LogP contribution in [0.4, 0.5) is 0 Å². The van der Waals surface area contributed by atoms with E-state index in [1.54, 1.807) is 67.0 Å². The Balaban J connectivity index is 1.90. The van der Waals surface area contributed by atoms with Crippen LogP contribution in [-0.4, -0.2) is 19.1 Å². The van der Waals surface area contributed by atoms with Crippen molar-refractivity contribution >= 4 is 45.7 Å². The number of benzene rings is 2. The molecule has 3 heterocycles. The van der Waals surface area contributed by atoms with Crippen LogP contribution in [0.3, 0.4) is 0 Å². The van der Waals surface area contributed by atoms with Crippen molar-refractivity contribution in [1.82, 2.24) is 19.1 Å². The summed E-state index contributed by atoms with van der Waals surface area (Å²) >= 11 is 18.5. The van der Waals surface area contributed by atoms with Crippen LogP contribution in [-0.2, 0) is 0 Å². The van der Waals surface area contributed by atoms with Crippen molar-refractivity contribution in [2.24, 2.45) is 0 Å². The smallest absolute Gasteiger partial charge is 0.268 e. The third-order valence-corrected chi connectivity index (χ3v) is 6.10. The topological polar surface area (TPSA) is 69.8 Å². The van der Waals surface area contributed by atoms with Crippen LogP contribution >= 0.6 is 34.8 Å². The summed E-state index contributed by atoms with van der Waals surface area (Å²) in [5.74, 6) is 0. The number of aromatic nitrogens is 4. The molecule has 0 radical (unpaired) electrons. The van der Waals surface area contributed by atoms with Crippen molar-refractivity contribution in [1.29, 1.82) is 0 Å². The number of pyridine rings is 2. The lowest BCUT2D eigenvalue weighted by molar-refractivity contribution is 0.831. The molecule has 162 valence electrons. The summed E-state index contributed by atoms with van der Waals surface area (Å²) in [5, 5.41) is 1.44. The zero-order valence-corrected chi connectivity index (χ0v) is 19.0. The Bertz CT molecular complexity index is 1650. The van der Waals surface area contributed by atoms with Gasteiger partial charge in [0.15, 0.2) is 0 Å². The zero-order valence-electron chi connectivity index (χ0n) is 16.7. The van der Waals surface area contributed by atoms with Gasteiger partial charge in [0.1, 0.15) is 0 Å². The van der Waals surface area contributed by atoms with Crippen LogP contribution in [0.15, 0.2) is 89.0 Å². The number of hydrogen-bond donors (Lipinski definition) is 0. The van der Waals surface area contributed by atoms with E-state index in [9.17, 15) is 9.59 Å². The lowest BCUT2D eigenvalue weighted by Crippen LogP contribution is -2.38. The highest BCUT2D eigenvalue weighted by atomic mass is 35.5. The maximum Gasteiger partial charge on any atom is 0.340 e. The van der Waals surface area contributed by atoms with E-state index in [4.69, 9.17) is 34.8 Å². The van der Waals surface area contributed by atoms with Gasteiger partial charge in [-0.15, -0.1) is 0 Å². The van der Waals surface area contributed by atoms with E-state index < -0.39 is 11.2 Å². The minimum absolute atomic E-state index is 0.281. The number of halogens is 3. The predicted octanol–water partition coefficient (Wildman–Crippen LogP) is 5.56. The van der Waals surface area contributed by atoms with Crippen molar-refractivity contribution in [2.75, 3.05) is 0 Å². The molecule has 0 aliphatic rings. The molecule has 5 aromatic rings. The fourth-order valence-corrected chi connectivity index (χ4v) is 4.11. The van der Waals surface area contributed by atoms with Crippen LogP contribution in [0.2, 0.25) is 15.1 Å². The first kappa shape index (κ1) is 21.4. The van der Waals surface area contributed by atoms with E-state index in [2.05, 4.69) is 9.97 Å². The molecule has 5 rings (SSSR count). The molecule has 0 atom stereocenters. The van der Waals surface area contributed by atoms with E-state index in [0.29, 0.717) is 32.3 Å². The molecule has 0 amide bonds. The normalized spacial score (nSPS) is 11.1. The molecule has 0 spiro atoms. The van der Waals surface area contributed by atoms with Gasteiger partial charge in [0.05, 0.1) is 43.5 Å². The average molecular weight is 496 g/mol. The van der Waals surface area contributed by atoms with Crippen LogP contribution in [0, 0.1) is 0 Å². The molecule has 33 heavy (non-hydrogen) atoms. The summed E-state index contributed by atoms with van der Waals surface area (Å²) < 4.78 is 2.51. The van der Waals surface area contributed by atoms with E-state index in [1.807, 2.05) is 0 Å². The van der Waals surface area contributed by atoms with E-state index in [1.165, 1.54) is 17.0 Å². The first-order chi connectivity index (χ1) is 15.9. The van der Waals surface area contributed by atoms with E-state index >= 15 is 0 Å². The maximum absolute atomic E-state index is 13.7. The largest absolute Gasteiger partial charge is 0.340 e. The highest BCUT2D eigenvalue weighted by Crippen LogP contribution is 2.28. The fourth-order valence-electron chi connectivity index (χ4n) is 3.64. The van der Waals surface area contributed by atoms with Gasteiger partial charge in [0.2, 0.25) is 0 Å². The molecule has 0 aliphatic heterocycles. The van der Waals surface area contributed by atoms with Gasteiger partial charge in [-0.2, -0.15) is 0 Å². The Morgan fingerprint density at radius 3 is 2.27 bits per heavy atom. The summed E-state index contributed by atoms with van der Waals surface area (Å²) in [4.78, 5) is 35.3. The molecule has 0 saturated carbocycles. The van der Waals surface area contributed by atoms with Crippen LogP contribution in [0.1, 0.15) is 0 Å². The van der Waals surface area contributed by atoms with Gasteiger partial charge in [-0.1, -0.05) is 40.9 Å². The van der Waals surface area contributed by atoms with Gasteiger partial charge in [0, 0.05) is 24.2 Å². The second-order valence-electron chi connectivity index (χ2n) is 7.19. The Labute approximate surface area is 202 Å². The van der Waals surface area contributed by atoms with Crippen molar-refractivity contribution in [3.63, 3.8) is 0 Å². The Morgan fingerprint density at radius 1 is 0.697 bits per heavy atom. The lowest BCUT2D eigenvalue weighted by atomic mass is 10.1. The van der Waals surface area contributed by atoms with Crippen molar-refractivity contribution in [3.8, 4) is 22.5 Å². The summed E-state index contributed by atoms with van der Waals surface area (Å²) in [7, 11) is 0. The van der Waals surface area contributed by atoms with Gasteiger partial charge in [-0.3, -0.25) is 19.3 Å². The molecular formula is C24H13Cl3N4O2. The monoisotopic (exact) mass is 494 g/mol. The van der Waals surface area contributed by atoms with Crippen LogP contribution in [0.5, 0.6) is 0 Å². The average Bonchev–Trinajstić information content (AvgIpc) is 2.82. The zero-order chi connectivity index (χ0) is 23.1. The van der Waals surface area contributed by atoms with Crippen molar-refractivity contribution in [2.45, 2.75) is 0 Å². The molecule has 3 aromatic heterocycles. The highest BCUT2D eigenvalue weighted by molar-refractivity contribution is 6.42. The van der Waals surface area contributed by atoms with Crippen LogP contribution < -0.4 is 11.2 Å². The first-order valence-electron chi connectivity index (χ1n) is 9.72. The minimum Gasteiger partial charge on any atom is -0.268 e. The first-order valence-corrected chi connectivity index (χ1v) is 10.9. The molecule has 0 saturated heterocycles. The summed E-state index contributed by atoms with van der Waals surface area (Å²) in [6.07, 6.45) is 6.22. The Morgan fingerprint density at radius 2 is 1.55 bits per heavy atom. The molecular weight excluding hydrogens is 483 g/mol. The fraction of sp³-hybridized carbons (Fsp3) is 0. The molecule has 0 N–H and O–H groups in total. The standard InChI is InChI=1S/C24H13Cl3N4O2/c25-16-8-15(11-29-12-16)14-3-5-19-22(9-14)30(17-4-6-20(26)21(27)10-17)24(33)31(23(19)32)18-2-1-7-28-13-18/h1-13H. The third kappa shape index (κ3) is 3.82. The minimum atomic E-state index is -0.569. The third-order valence-electron chi connectivity index (χ3n) is 5.16. The Hall–Kier alpha value is -3.45. The van der Waals surface area contributed by atoms with E-state index in [0.717, 1.165) is 15.7 Å². The van der Waals surface area contributed by atoms with Gasteiger partial charge >= 0.3 is 5.69 Å². The summed E-state index contributed by atoms with van der Waals surface area (Å²) in [6, 6.07) is 15.1. The summed E-state index contributed by atoms with van der Waals surface area (Å²) in [5.41, 5.74) is 1.67. The predicted molar refractivity (Wildman–Crippen MR) is 131 cm³/mol. The second-order valence-corrected chi connectivity index (χ2v) is 8.44. The molecule has 0 aliphatic carbocycles. The Kier molecular flexibility index (Phi) is 5.50. The molecule has 0 fully saturated rings. The maximum atomic E-state index is 13.7. The second kappa shape index (κ2) is 8.48. The van der Waals surface area contributed by atoms with Gasteiger partial charge < -0.3 is 0 Å². The number of nitrogens with zero attached hydrogens (tertiary/aromatic N) is 4. The van der Waals surface area contributed by atoms with Gasteiger partial charge in [-0.05, 0) is 54.1 Å². The SMILES string of the molecule is O=c1c2ccc(-c3cncc(Cl)c3)cc2n(-c2ccc(Cl)c(Cl)c2)c(=O)n1-c1cccnc1. The summed E-state index contributed by atoms with van der Waals surface area (Å²) in [6.45, 7) is 0. The molecule has 0 bridgehead atoms. The molecule has 2 aromatic carbocycles. The number of fused-ring (bicyclic) bond motifs is 1. The number of hydrogen-bond acceptors (Lipinski definition) is 4. The molecule has 9 heteroatoms. The number of rotatable bonds is 3. The molecule has 6 nitrogen and oxygen atoms in total. The lowest BCUT2D eigenvalue weighted by Gasteiger charge is -2.15.